The van der Waals surface area contributed by atoms with Crippen molar-refractivity contribution in [2.75, 3.05) is 18.4 Å². The van der Waals surface area contributed by atoms with Crippen LogP contribution in [0.2, 0.25) is 0 Å². The second-order valence-corrected chi connectivity index (χ2v) is 8.62. The normalized spacial score (nSPS) is 14.4. The molecule has 1 aliphatic rings. The smallest absolute Gasteiger partial charge is 0.253 e. The van der Waals surface area contributed by atoms with Gasteiger partial charge >= 0.3 is 0 Å². The molecule has 0 saturated carbocycles. The molecule has 0 spiro atoms. The number of carbonyl (C=O) groups excluding carboxylic acids is 2. The fourth-order valence-corrected chi connectivity index (χ4v) is 4.46. The molecule has 1 aliphatic heterocycles. The number of aromatic nitrogens is 2. The van der Waals surface area contributed by atoms with E-state index >= 15 is 0 Å². The van der Waals surface area contributed by atoms with Crippen LogP contribution in [0.1, 0.15) is 28.8 Å². The topological polar surface area (TPSA) is 66.7 Å². The largest absolute Gasteiger partial charge is 0.339 e. The van der Waals surface area contributed by atoms with Gasteiger partial charge in [-0.25, -0.2) is 9.37 Å². The van der Waals surface area contributed by atoms with Crippen molar-refractivity contribution in [1.29, 1.82) is 0 Å². The van der Waals surface area contributed by atoms with E-state index in [4.69, 9.17) is 4.98 Å². The Bertz CT molecular complexity index is 1340. The van der Waals surface area contributed by atoms with Crippen molar-refractivity contribution in [3.63, 3.8) is 0 Å². The molecule has 34 heavy (non-hydrogen) atoms. The Morgan fingerprint density at radius 1 is 0.971 bits per heavy atom. The number of carbonyl (C=O) groups is 2. The monoisotopic (exact) mass is 456 g/mol. The summed E-state index contributed by atoms with van der Waals surface area (Å²) in [6.07, 6.45) is 3.03. The van der Waals surface area contributed by atoms with E-state index in [1.165, 1.54) is 24.3 Å². The van der Waals surface area contributed by atoms with Crippen molar-refractivity contribution in [1.82, 2.24) is 14.3 Å². The first kappa shape index (κ1) is 21.8. The Kier molecular flexibility index (Phi) is 5.84. The number of hydrogen-bond acceptors (Lipinski definition) is 3. The Morgan fingerprint density at radius 2 is 1.68 bits per heavy atom. The molecule has 5 rings (SSSR count). The summed E-state index contributed by atoms with van der Waals surface area (Å²) in [7, 11) is 0. The first-order chi connectivity index (χ1) is 16.5. The summed E-state index contributed by atoms with van der Waals surface area (Å²) >= 11 is 0. The predicted octanol–water partition coefficient (Wildman–Crippen LogP) is 4.94. The van der Waals surface area contributed by atoms with E-state index in [2.05, 4.69) is 5.32 Å². The summed E-state index contributed by atoms with van der Waals surface area (Å²) in [6, 6.07) is 19.3. The molecule has 172 valence electrons. The molecule has 6 nitrogen and oxygen atoms in total. The number of nitrogens with one attached hydrogen (secondary N) is 1. The highest BCUT2D eigenvalue weighted by Crippen LogP contribution is 2.31. The van der Waals surface area contributed by atoms with Gasteiger partial charge in [0.15, 0.2) is 0 Å². The molecular weight excluding hydrogens is 431 g/mol. The number of hydrogen-bond donors (Lipinski definition) is 1. The van der Waals surface area contributed by atoms with Gasteiger partial charge < -0.3 is 10.2 Å². The van der Waals surface area contributed by atoms with Crippen molar-refractivity contribution in [3.8, 4) is 11.3 Å². The molecule has 1 saturated heterocycles. The molecule has 7 heteroatoms. The molecule has 2 amide bonds. The molecule has 0 unspecified atom stereocenters. The summed E-state index contributed by atoms with van der Waals surface area (Å²) in [4.78, 5) is 32.5. The van der Waals surface area contributed by atoms with Crippen LogP contribution in [0.4, 0.5) is 10.2 Å². The Morgan fingerprint density at radius 3 is 2.38 bits per heavy atom. The Balaban J connectivity index is 1.33. The maximum absolute atomic E-state index is 13.3. The average Bonchev–Trinajstić information content (AvgIpc) is 3.24. The van der Waals surface area contributed by atoms with Gasteiger partial charge in [0.2, 0.25) is 5.91 Å². The fraction of sp³-hybridized carbons (Fsp3) is 0.222. The minimum Gasteiger partial charge on any atom is -0.339 e. The lowest BCUT2D eigenvalue weighted by Gasteiger charge is -2.31. The van der Waals surface area contributed by atoms with Crippen LogP contribution in [0.15, 0.2) is 72.9 Å². The van der Waals surface area contributed by atoms with E-state index < -0.39 is 0 Å². The highest BCUT2D eigenvalue weighted by atomic mass is 19.1. The number of nitrogens with zero attached hydrogens (tertiary/aromatic N) is 3. The third kappa shape index (κ3) is 4.17. The van der Waals surface area contributed by atoms with E-state index in [9.17, 15) is 14.0 Å². The van der Waals surface area contributed by atoms with E-state index in [-0.39, 0.29) is 23.5 Å². The molecule has 0 bridgehead atoms. The standard InChI is InChI=1S/C27H25FN4O2/c1-18-6-5-15-32-24(18)29-23(19-7-3-2-4-8-19)25(32)30-26(33)20-13-16-31(17-14-20)27(34)21-9-11-22(28)12-10-21/h2-12,15,20H,13-14,16-17H2,1H3,(H,30,33). The summed E-state index contributed by atoms with van der Waals surface area (Å²) in [5.74, 6) is -0.141. The molecule has 0 aliphatic carbocycles. The SMILES string of the molecule is Cc1cccn2c(NC(=O)C3CCN(C(=O)c4ccc(F)cc4)CC3)c(-c3ccccc3)nc12. The van der Waals surface area contributed by atoms with E-state index in [1.54, 1.807) is 4.90 Å². The van der Waals surface area contributed by atoms with Crippen LogP contribution in [0.3, 0.4) is 0 Å². The number of benzene rings is 2. The van der Waals surface area contributed by atoms with Crippen molar-refractivity contribution in [2.24, 2.45) is 5.92 Å². The van der Waals surface area contributed by atoms with Crippen LogP contribution >= 0.6 is 0 Å². The van der Waals surface area contributed by atoms with Gasteiger partial charge in [-0.2, -0.15) is 0 Å². The lowest BCUT2D eigenvalue weighted by molar-refractivity contribution is -0.121. The third-order valence-corrected chi connectivity index (χ3v) is 6.38. The fourth-order valence-electron chi connectivity index (χ4n) is 4.46. The molecule has 0 radical (unpaired) electrons. The number of piperidine rings is 1. The second kappa shape index (κ2) is 9.09. The summed E-state index contributed by atoms with van der Waals surface area (Å²) in [5, 5.41) is 3.13. The summed E-state index contributed by atoms with van der Waals surface area (Å²) in [5.41, 5.74) is 3.94. The molecule has 1 fully saturated rings. The van der Waals surface area contributed by atoms with E-state index in [0.29, 0.717) is 37.3 Å². The van der Waals surface area contributed by atoms with Gasteiger partial charge in [0, 0.05) is 36.3 Å². The van der Waals surface area contributed by atoms with E-state index in [0.717, 1.165) is 22.5 Å². The third-order valence-electron chi connectivity index (χ3n) is 6.38. The minimum absolute atomic E-state index is 0.0747. The predicted molar refractivity (Wildman–Crippen MR) is 129 cm³/mol. The number of aryl methyl sites for hydroxylation is 1. The number of imidazole rings is 1. The Labute approximate surface area is 197 Å². The molecule has 0 atom stereocenters. The van der Waals surface area contributed by atoms with Crippen LogP contribution < -0.4 is 5.32 Å². The lowest BCUT2D eigenvalue weighted by Crippen LogP contribution is -2.41. The molecule has 2 aromatic heterocycles. The van der Waals surface area contributed by atoms with Gasteiger partial charge in [-0.15, -0.1) is 0 Å². The number of anilines is 1. The van der Waals surface area contributed by atoms with Gasteiger partial charge in [0.1, 0.15) is 23.0 Å². The number of likely N-dealkylation sites (tertiary alicyclic amines) is 1. The minimum atomic E-state index is -0.371. The average molecular weight is 457 g/mol. The van der Waals surface area contributed by atoms with Crippen LogP contribution in [0.25, 0.3) is 16.9 Å². The van der Waals surface area contributed by atoms with Crippen molar-refractivity contribution >= 4 is 23.3 Å². The van der Waals surface area contributed by atoms with Crippen LogP contribution in [0, 0.1) is 18.7 Å². The van der Waals surface area contributed by atoms with E-state index in [1.807, 2.05) is 60.0 Å². The molecule has 3 heterocycles. The first-order valence-corrected chi connectivity index (χ1v) is 11.4. The zero-order valence-corrected chi connectivity index (χ0v) is 18.9. The molecule has 4 aromatic rings. The first-order valence-electron chi connectivity index (χ1n) is 11.4. The zero-order chi connectivity index (χ0) is 23.7. The molecular formula is C27H25FN4O2. The number of halogens is 1. The van der Waals surface area contributed by atoms with Gasteiger partial charge in [-0.1, -0.05) is 36.4 Å². The zero-order valence-electron chi connectivity index (χ0n) is 18.9. The van der Waals surface area contributed by atoms with Crippen molar-refractivity contribution < 1.29 is 14.0 Å². The number of pyridine rings is 1. The van der Waals surface area contributed by atoms with Crippen molar-refractivity contribution in [3.05, 3.63) is 89.9 Å². The van der Waals surface area contributed by atoms with Gasteiger partial charge in [-0.3, -0.25) is 14.0 Å². The van der Waals surface area contributed by atoms with Crippen LogP contribution in [-0.2, 0) is 4.79 Å². The number of amides is 2. The summed E-state index contributed by atoms with van der Waals surface area (Å²) in [6.45, 7) is 2.95. The number of rotatable bonds is 4. The maximum atomic E-state index is 13.3. The second-order valence-electron chi connectivity index (χ2n) is 8.62. The van der Waals surface area contributed by atoms with Gasteiger partial charge in [-0.05, 0) is 55.7 Å². The highest BCUT2D eigenvalue weighted by Gasteiger charge is 2.29. The molecule has 1 N–H and O–H groups in total. The Hall–Kier alpha value is -4.00. The lowest BCUT2D eigenvalue weighted by atomic mass is 9.95. The summed E-state index contributed by atoms with van der Waals surface area (Å²) < 4.78 is 15.1. The number of fused-ring (bicyclic) bond motifs is 1. The highest BCUT2D eigenvalue weighted by molar-refractivity contribution is 5.97. The van der Waals surface area contributed by atoms with Gasteiger partial charge in [0.05, 0.1) is 0 Å². The van der Waals surface area contributed by atoms with Crippen LogP contribution in [-0.4, -0.2) is 39.2 Å². The molecule has 2 aromatic carbocycles. The quantitative estimate of drug-likeness (QED) is 0.473. The van der Waals surface area contributed by atoms with Gasteiger partial charge in [0.25, 0.3) is 5.91 Å². The maximum Gasteiger partial charge on any atom is 0.253 e. The van der Waals surface area contributed by atoms with Crippen molar-refractivity contribution in [2.45, 2.75) is 19.8 Å². The van der Waals surface area contributed by atoms with Crippen LogP contribution in [0.5, 0.6) is 0 Å².